The summed E-state index contributed by atoms with van der Waals surface area (Å²) in [7, 11) is 0. The molecule has 2 N–H and O–H groups in total. The maximum Gasteiger partial charge on any atom is 0.340 e. The molecule has 1 heterocycles. The first-order valence-electron chi connectivity index (χ1n) is 6.52. The van der Waals surface area contributed by atoms with Gasteiger partial charge in [0.25, 0.3) is 0 Å². The van der Waals surface area contributed by atoms with Gasteiger partial charge in [0.15, 0.2) is 0 Å². The molecule has 0 spiro atoms. The number of para-hydroxylation sites is 1. The number of carbonyl (C=O) groups is 1. The van der Waals surface area contributed by atoms with Crippen molar-refractivity contribution >= 4 is 23.4 Å². The lowest BCUT2D eigenvalue weighted by Gasteiger charge is -2.22. The second-order valence-electron chi connectivity index (χ2n) is 4.37. The van der Waals surface area contributed by atoms with E-state index in [9.17, 15) is 4.79 Å². The van der Waals surface area contributed by atoms with Crippen LogP contribution >= 0.6 is 11.8 Å². The van der Waals surface area contributed by atoms with Gasteiger partial charge in [-0.3, -0.25) is 0 Å². The van der Waals surface area contributed by atoms with Crippen LogP contribution in [0.5, 0.6) is 0 Å². The van der Waals surface area contributed by atoms with Crippen LogP contribution in [0.15, 0.2) is 23.1 Å². The van der Waals surface area contributed by atoms with E-state index in [4.69, 9.17) is 15.2 Å². The summed E-state index contributed by atoms with van der Waals surface area (Å²) in [5, 5.41) is 0.508. The smallest absolute Gasteiger partial charge is 0.340 e. The topological polar surface area (TPSA) is 61.5 Å². The van der Waals surface area contributed by atoms with Gasteiger partial charge in [0.1, 0.15) is 0 Å². The van der Waals surface area contributed by atoms with Gasteiger partial charge in [-0.05, 0) is 31.9 Å². The van der Waals surface area contributed by atoms with Crippen molar-refractivity contribution in [2.75, 3.05) is 25.6 Å². The lowest BCUT2D eigenvalue weighted by molar-refractivity contribution is 0.0527. The summed E-state index contributed by atoms with van der Waals surface area (Å²) in [4.78, 5) is 12.7. The quantitative estimate of drug-likeness (QED) is 0.679. The van der Waals surface area contributed by atoms with E-state index in [0.29, 0.717) is 23.1 Å². The minimum Gasteiger partial charge on any atom is -0.462 e. The first-order valence-corrected chi connectivity index (χ1v) is 7.40. The van der Waals surface area contributed by atoms with Crippen LogP contribution in [0.1, 0.15) is 30.1 Å². The molecule has 0 bridgehead atoms. The third kappa shape index (κ3) is 3.64. The summed E-state index contributed by atoms with van der Waals surface area (Å²) >= 11 is 1.73. The van der Waals surface area contributed by atoms with E-state index >= 15 is 0 Å². The van der Waals surface area contributed by atoms with Gasteiger partial charge in [-0.1, -0.05) is 6.07 Å². The fourth-order valence-corrected chi connectivity index (χ4v) is 3.19. The first kappa shape index (κ1) is 14.2. The molecule has 0 unspecified atom stereocenters. The average Bonchev–Trinajstić information content (AvgIpc) is 2.42. The summed E-state index contributed by atoms with van der Waals surface area (Å²) in [5.74, 6) is -0.352. The zero-order valence-corrected chi connectivity index (χ0v) is 11.9. The second-order valence-corrected chi connectivity index (χ2v) is 5.71. The Kier molecular flexibility index (Phi) is 5.10. The number of rotatable bonds is 4. The maximum atomic E-state index is 11.8. The molecule has 0 aliphatic carbocycles. The van der Waals surface area contributed by atoms with E-state index in [1.165, 1.54) is 0 Å². The Bertz CT molecular complexity index is 444. The van der Waals surface area contributed by atoms with Crippen molar-refractivity contribution in [2.24, 2.45) is 0 Å². The highest BCUT2D eigenvalue weighted by Gasteiger charge is 2.19. The second kappa shape index (κ2) is 6.82. The summed E-state index contributed by atoms with van der Waals surface area (Å²) in [5.41, 5.74) is 7.06. The zero-order chi connectivity index (χ0) is 13.7. The Balaban J connectivity index is 2.12. The zero-order valence-electron chi connectivity index (χ0n) is 11.1. The number of nitrogen functional groups attached to an aromatic ring is 1. The number of hydrogen-bond acceptors (Lipinski definition) is 5. The van der Waals surface area contributed by atoms with Crippen molar-refractivity contribution in [3.8, 4) is 0 Å². The molecule has 1 fully saturated rings. The minimum absolute atomic E-state index is 0.352. The molecule has 1 saturated heterocycles. The summed E-state index contributed by atoms with van der Waals surface area (Å²) in [6.45, 7) is 3.74. The largest absolute Gasteiger partial charge is 0.462 e. The number of nitrogens with two attached hydrogens (primary N) is 1. The molecule has 4 nitrogen and oxygen atoms in total. The van der Waals surface area contributed by atoms with E-state index in [1.807, 2.05) is 12.1 Å². The van der Waals surface area contributed by atoms with Crippen LogP contribution in [0.2, 0.25) is 0 Å². The molecule has 5 heteroatoms. The molecule has 0 saturated carbocycles. The molecule has 0 atom stereocenters. The number of thioether (sulfide) groups is 1. The number of benzene rings is 1. The normalized spacial score (nSPS) is 16.3. The Morgan fingerprint density at radius 1 is 1.47 bits per heavy atom. The van der Waals surface area contributed by atoms with Crippen molar-refractivity contribution in [1.29, 1.82) is 0 Å². The number of esters is 1. The maximum absolute atomic E-state index is 11.8. The third-order valence-electron chi connectivity index (χ3n) is 3.02. The third-order valence-corrected chi connectivity index (χ3v) is 4.44. The van der Waals surface area contributed by atoms with Gasteiger partial charge in [-0.25, -0.2) is 4.79 Å². The molecule has 1 aliphatic rings. The summed E-state index contributed by atoms with van der Waals surface area (Å²) in [6, 6.07) is 5.52. The molecule has 1 aromatic carbocycles. The average molecular weight is 281 g/mol. The Morgan fingerprint density at radius 2 is 2.21 bits per heavy atom. The Labute approximate surface area is 117 Å². The van der Waals surface area contributed by atoms with Gasteiger partial charge < -0.3 is 15.2 Å². The van der Waals surface area contributed by atoms with Gasteiger partial charge in [-0.2, -0.15) is 0 Å². The molecule has 0 radical (unpaired) electrons. The van der Waals surface area contributed by atoms with Crippen molar-refractivity contribution in [3.63, 3.8) is 0 Å². The van der Waals surface area contributed by atoms with Gasteiger partial charge >= 0.3 is 5.97 Å². The molecule has 19 heavy (non-hydrogen) atoms. The van der Waals surface area contributed by atoms with Crippen LogP contribution in [0, 0.1) is 0 Å². The van der Waals surface area contributed by atoms with Crippen LogP contribution in [-0.2, 0) is 9.47 Å². The highest BCUT2D eigenvalue weighted by atomic mass is 32.2. The predicted molar refractivity (Wildman–Crippen MR) is 76.5 cm³/mol. The van der Waals surface area contributed by atoms with Crippen LogP contribution in [-0.4, -0.2) is 31.0 Å². The molecular formula is C14H19NO3S. The fourth-order valence-electron chi connectivity index (χ4n) is 2.01. The molecule has 1 aliphatic heterocycles. The highest BCUT2D eigenvalue weighted by Crippen LogP contribution is 2.35. The summed E-state index contributed by atoms with van der Waals surface area (Å²) < 4.78 is 10.3. The van der Waals surface area contributed by atoms with Gasteiger partial charge in [0.05, 0.1) is 17.9 Å². The van der Waals surface area contributed by atoms with Crippen molar-refractivity contribution in [3.05, 3.63) is 23.8 Å². The molecule has 2 rings (SSSR count). The molecular weight excluding hydrogens is 262 g/mol. The molecule has 0 aromatic heterocycles. The van der Waals surface area contributed by atoms with Crippen molar-refractivity contribution in [2.45, 2.75) is 29.9 Å². The number of anilines is 1. The minimum atomic E-state index is -0.352. The number of carbonyl (C=O) groups excluding carboxylic acids is 1. The van der Waals surface area contributed by atoms with Crippen LogP contribution < -0.4 is 5.73 Å². The monoisotopic (exact) mass is 281 g/mol. The van der Waals surface area contributed by atoms with E-state index < -0.39 is 0 Å². The Morgan fingerprint density at radius 3 is 2.89 bits per heavy atom. The molecule has 104 valence electrons. The lowest BCUT2D eigenvalue weighted by atomic mass is 10.2. The molecule has 0 amide bonds. The number of hydrogen-bond donors (Lipinski definition) is 1. The lowest BCUT2D eigenvalue weighted by Crippen LogP contribution is -2.17. The Hall–Kier alpha value is -1.20. The predicted octanol–water partition coefficient (Wildman–Crippen LogP) is 2.72. The highest BCUT2D eigenvalue weighted by molar-refractivity contribution is 8.00. The first-order chi connectivity index (χ1) is 9.22. The van der Waals surface area contributed by atoms with E-state index in [-0.39, 0.29) is 5.97 Å². The molecule has 1 aromatic rings. The summed E-state index contributed by atoms with van der Waals surface area (Å²) in [6.07, 6.45) is 2.04. The fraction of sp³-hybridized carbons (Fsp3) is 0.500. The van der Waals surface area contributed by atoms with Gasteiger partial charge in [0, 0.05) is 23.4 Å². The van der Waals surface area contributed by atoms with Crippen molar-refractivity contribution < 1.29 is 14.3 Å². The van der Waals surface area contributed by atoms with E-state index in [0.717, 1.165) is 31.0 Å². The van der Waals surface area contributed by atoms with Crippen LogP contribution in [0.3, 0.4) is 0 Å². The van der Waals surface area contributed by atoms with Crippen LogP contribution in [0.4, 0.5) is 5.69 Å². The standard InChI is InChI=1S/C14H19NO3S/c1-2-18-14(16)11-4-3-5-12(13(11)15)19-10-6-8-17-9-7-10/h3-5,10H,2,6-9,15H2,1H3. The van der Waals surface area contributed by atoms with E-state index in [2.05, 4.69) is 0 Å². The number of ether oxygens (including phenoxy) is 2. The van der Waals surface area contributed by atoms with Gasteiger partial charge in [-0.15, -0.1) is 11.8 Å². The van der Waals surface area contributed by atoms with Crippen LogP contribution in [0.25, 0.3) is 0 Å². The van der Waals surface area contributed by atoms with Gasteiger partial charge in [0.2, 0.25) is 0 Å². The van der Waals surface area contributed by atoms with E-state index in [1.54, 1.807) is 24.8 Å². The SMILES string of the molecule is CCOC(=O)c1cccc(SC2CCOCC2)c1N. The van der Waals surface area contributed by atoms with Crippen molar-refractivity contribution in [1.82, 2.24) is 0 Å².